The maximum atomic E-state index is 12.4. The summed E-state index contributed by atoms with van der Waals surface area (Å²) in [7, 11) is 0. The normalized spacial score (nSPS) is 11.2. The number of hydrogen-bond donors (Lipinski definition) is 0. The Labute approximate surface area is 84.7 Å². The predicted molar refractivity (Wildman–Crippen MR) is 48.0 cm³/mol. The lowest BCUT2D eigenvalue weighted by Gasteiger charge is -2.13. The quantitative estimate of drug-likeness (QED) is 0.729. The standard InChI is InChI=1S/C10H9F3O2/c1-2-15-9-5-7(6-14)3-4-8(9)10(11,12)13/h3-6H,2H2,1H3. The third-order valence-electron chi connectivity index (χ3n) is 1.75. The molecule has 0 saturated heterocycles. The number of halogens is 3. The fourth-order valence-electron chi connectivity index (χ4n) is 1.12. The molecule has 0 amide bonds. The summed E-state index contributed by atoms with van der Waals surface area (Å²) in [5, 5.41) is 0. The molecular weight excluding hydrogens is 209 g/mol. The summed E-state index contributed by atoms with van der Waals surface area (Å²) in [5.41, 5.74) is -0.707. The summed E-state index contributed by atoms with van der Waals surface area (Å²) in [6.07, 6.45) is -3.99. The number of alkyl halides is 3. The van der Waals surface area contributed by atoms with Crippen molar-refractivity contribution in [3.63, 3.8) is 0 Å². The Morgan fingerprint density at radius 1 is 1.40 bits per heavy atom. The van der Waals surface area contributed by atoms with Gasteiger partial charge in [0.2, 0.25) is 0 Å². The van der Waals surface area contributed by atoms with Gasteiger partial charge in [-0.15, -0.1) is 0 Å². The zero-order valence-electron chi connectivity index (χ0n) is 7.97. The van der Waals surface area contributed by atoms with Crippen LogP contribution in [0.2, 0.25) is 0 Å². The number of benzene rings is 1. The van der Waals surface area contributed by atoms with Crippen molar-refractivity contribution < 1.29 is 22.7 Å². The Hall–Kier alpha value is -1.52. The Balaban J connectivity index is 3.20. The SMILES string of the molecule is CCOc1cc(C=O)ccc1C(F)(F)F. The van der Waals surface area contributed by atoms with Crippen molar-refractivity contribution in [2.24, 2.45) is 0 Å². The fraction of sp³-hybridized carbons (Fsp3) is 0.300. The predicted octanol–water partition coefficient (Wildman–Crippen LogP) is 2.92. The average molecular weight is 218 g/mol. The third kappa shape index (κ3) is 2.71. The van der Waals surface area contributed by atoms with E-state index < -0.39 is 11.7 Å². The van der Waals surface area contributed by atoms with Crippen molar-refractivity contribution in [3.05, 3.63) is 29.3 Å². The molecule has 0 spiro atoms. The molecule has 0 unspecified atom stereocenters. The minimum atomic E-state index is -4.47. The van der Waals surface area contributed by atoms with Crippen molar-refractivity contribution in [2.75, 3.05) is 6.61 Å². The first kappa shape index (κ1) is 11.6. The van der Waals surface area contributed by atoms with Crippen LogP contribution in [0.4, 0.5) is 13.2 Å². The molecule has 1 aromatic carbocycles. The zero-order valence-corrected chi connectivity index (χ0v) is 7.97. The third-order valence-corrected chi connectivity index (χ3v) is 1.75. The van der Waals surface area contributed by atoms with Crippen LogP contribution in [0.15, 0.2) is 18.2 Å². The molecule has 1 rings (SSSR count). The highest BCUT2D eigenvalue weighted by Crippen LogP contribution is 2.36. The van der Waals surface area contributed by atoms with Gasteiger partial charge in [0, 0.05) is 5.56 Å². The van der Waals surface area contributed by atoms with Crippen LogP contribution < -0.4 is 4.74 Å². The highest BCUT2D eigenvalue weighted by atomic mass is 19.4. The largest absolute Gasteiger partial charge is 0.493 e. The van der Waals surface area contributed by atoms with Crippen molar-refractivity contribution in [3.8, 4) is 5.75 Å². The van der Waals surface area contributed by atoms with Crippen LogP contribution in [0.5, 0.6) is 5.75 Å². The first-order valence-corrected chi connectivity index (χ1v) is 4.28. The smallest absolute Gasteiger partial charge is 0.419 e. The minimum Gasteiger partial charge on any atom is -0.493 e. The molecule has 82 valence electrons. The van der Waals surface area contributed by atoms with Crippen LogP contribution >= 0.6 is 0 Å². The zero-order chi connectivity index (χ0) is 11.5. The van der Waals surface area contributed by atoms with E-state index in [-0.39, 0.29) is 17.9 Å². The van der Waals surface area contributed by atoms with Gasteiger partial charge in [0.15, 0.2) is 0 Å². The first-order chi connectivity index (χ1) is 6.99. The van der Waals surface area contributed by atoms with Gasteiger partial charge in [-0.25, -0.2) is 0 Å². The molecule has 0 heterocycles. The van der Waals surface area contributed by atoms with E-state index in [1.807, 2.05) is 0 Å². The molecule has 0 atom stereocenters. The second kappa shape index (κ2) is 4.33. The number of hydrogen-bond acceptors (Lipinski definition) is 2. The van der Waals surface area contributed by atoms with Crippen LogP contribution in [0.1, 0.15) is 22.8 Å². The molecule has 0 aliphatic carbocycles. The van der Waals surface area contributed by atoms with Gasteiger partial charge in [0.05, 0.1) is 12.2 Å². The highest BCUT2D eigenvalue weighted by Gasteiger charge is 2.34. The molecule has 0 aliphatic rings. The lowest BCUT2D eigenvalue weighted by Crippen LogP contribution is -2.09. The number of carbonyl (C=O) groups excluding carboxylic acids is 1. The van der Waals surface area contributed by atoms with Gasteiger partial charge in [-0.1, -0.05) is 6.07 Å². The molecule has 5 heteroatoms. The Morgan fingerprint density at radius 2 is 2.07 bits per heavy atom. The molecule has 0 radical (unpaired) electrons. The molecule has 0 aromatic heterocycles. The van der Waals surface area contributed by atoms with Gasteiger partial charge in [-0.2, -0.15) is 13.2 Å². The van der Waals surface area contributed by atoms with Gasteiger partial charge in [-0.05, 0) is 19.1 Å². The molecular formula is C10H9F3O2. The van der Waals surface area contributed by atoms with Crippen LogP contribution in [-0.2, 0) is 6.18 Å². The van der Waals surface area contributed by atoms with E-state index in [0.717, 1.165) is 18.2 Å². The van der Waals surface area contributed by atoms with Crippen LogP contribution in [0, 0.1) is 0 Å². The molecule has 0 fully saturated rings. The van der Waals surface area contributed by atoms with Crippen molar-refractivity contribution in [2.45, 2.75) is 13.1 Å². The summed E-state index contributed by atoms with van der Waals surface area (Å²) >= 11 is 0. The summed E-state index contributed by atoms with van der Waals surface area (Å²) < 4.78 is 42.1. The van der Waals surface area contributed by atoms with E-state index in [2.05, 4.69) is 0 Å². The second-order valence-electron chi connectivity index (χ2n) is 2.80. The molecule has 0 saturated carbocycles. The number of carbonyl (C=O) groups is 1. The van der Waals surface area contributed by atoms with Gasteiger partial charge in [-0.3, -0.25) is 4.79 Å². The van der Waals surface area contributed by atoms with Crippen LogP contribution in [-0.4, -0.2) is 12.9 Å². The van der Waals surface area contributed by atoms with Gasteiger partial charge in [0.1, 0.15) is 12.0 Å². The summed E-state index contributed by atoms with van der Waals surface area (Å²) in [5.74, 6) is -0.311. The van der Waals surface area contributed by atoms with E-state index in [0.29, 0.717) is 6.29 Å². The number of rotatable bonds is 3. The van der Waals surface area contributed by atoms with E-state index >= 15 is 0 Å². The van der Waals surface area contributed by atoms with Gasteiger partial charge < -0.3 is 4.74 Å². The molecule has 2 nitrogen and oxygen atoms in total. The Bertz CT molecular complexity index is 358. The van der Waals surface area contributed by atoms with Gasteiger partial charge in [0.25, 0.3) is 0 Å². The maximum absolute atomic E-state index is 12.4. The molecule has 0 N–H and O–H groups in total. The molecule has 0 aliphatic heterocycles. The lowest BCUT2D eigenvalue weighted by molar-refractivity contribution is -0.138. The molecule has 1 aromatic rings. The van der Waals surface area contributed by atoms with Gasteiger partial charge >= 0.3 is 6.18 Å². The number of ether oxygens (including phenoxy) is 1. The monoisotopic (exact) mass is 218 g/mol. The highest BCUT2D eigenvalue weighted by molar-refractivity contribution is 5.76. The second-order valence-corrected chi connectivity index (χ2v) is 2.80. The lowest BCUT2D eigenvalue weighted by atomic mass is 10.1. The van der Waals surface area contributed by atoms with Crippen LogP contribution in [0.25, 0.3) is 0 Å². The fourth-order valence-corrected chi connectivity index (χ4v) is 1.12. The van der Waals surface area contributed by atoms with E-state index in [4.69, 9.17) is 4.74 Å². The van der Waals surface area contributed by atoms with Crippen molar-refractivity contribution in [1.29, 1.82) is 0 Å². The Kier molecular flexibility index (Phi) is 3.34. The summed E-state index contributed by atoms with van der Waals surface area (Å²) in [6, 6.07) is 3.03. The van der Waals surface area contributed by atoms with E-state index in [9.17, 15) is 18.0 Å². The summed E-state index contributed by atoms with van der Waals surface area (Å²) in [4.78, 5) is 10.4. The van der Waals surface area contributed by atoms with Crippen molar-refractivity contribution >= 4 is 6.29 Å². The summed E-state index contributed by atoms with van der Waals surface area (Å²) in [6.45, 7) is 1.69. The van der Waals surface area contributed by atoms with Crippen LogP contribution in [0.3, 0.4) is 0 Å². The Morgan fingerprint density at radius 3 is 2.53 bits per heavy atom. The first-order valence-electron chi connectivity index (χ1n) is 4.28. The minimum absolute atomic E-state index is 0.116. The topological polar surface area (TPSA) is 26.3 Å². The van der Waals surface area contributed by atoms with E-state index in [1.165, 1.54) is 0 Å². The molecule has 15 heavy (non-hydrogen) atoms. The maximum Gasteiger partial charge on any atom is 0.419 e. The van der Waals surface area contributed by atoms with Crippen molar-refractivity contribution in [1.82, 2.24) is 0 Å². The van der Waals surface area contributed by atoms with E-state index in [1.54, 1.807) is 6.92 Å². The number of aldehydes is 1. The molecule has 0 bridgehead atoms. The average Bonchev–Trinajstić information content (AvgIpc) is 2.16.